The van der Waals surface area contributed by atoms with Crippen molar-refractivity contribution in [3.05, 3.63) is 0 Å². The quantitative estimate of drug-likeness (QED) is 0.394. The van der Waals surface area contributed by atoms with Crippen LogP contribution in [0.25, 0.3) is 0 Å². The smallest absolute Gasteiger partial charge is 0.193 e. The Hall–Kier alpha value is -0.353. The first-order valence-corrected chi connectivity index (χ1v) is 7.56. The third kappa shape index (κ3) is 3.48. The summed E-state index contributed by atoms with van der Waals surface area (Å²) < 4.78 is 5.94. The van der Waals surface area contributed by atoms with Crippen molar-refractivity contribution in [2.75, 3.05) is 0 Å². The van der Waals surface area contributed by atoms with Gasteiger partial charge < -0.3 is 10.2 Å². The summed E-state index contributed by atoms with van der Waals surface area (Å²) in [5.74, 6) is 0.146. The van der Waals surface area contributed by atoms with Crippen LogP contribution in [0.4, 0.5) is 0 Å². The molecule has 4 heteroatoms. The van der Waals surface area contributed by atoms with Crippen LogP contribution < -0.4 is 5.73 Å². The van der Waals surface area contributed by atoms with Crippen molar-refractivity contribution in [1.29, 1.82) is 5.41 Å². The molecule has 1 unspecified atom stereocenters. The van der Waals surface area contributed by atoms with Gasteiger partial charge in [-0.15, -0.1) is 0 Å². The molecule has 0 saturated heterocycles. The molecule has 0 aliphatic carbocycles. The van der Waals surface area contributed by atoms with E-state index in [4.69, 9.17) is 15.6 Å². The lowest BCUT2D eigenvalue weighted by molar-refractivity contribution is 0.267. The highest BCUT2D eigenvalue weighted by Crippen LogP contribution is 2.23. The van der Waals surface area contributed by atoms with Crippen LogP contribution in [0.3, 0.4) is 0 Å². The van der Waals surface area contributed by atoms with Crippen molar-refractivity contribution in [1.82, 2.24) is 0 Å². The molecule has 3 N–H and O–H groups in total. The number of hydrogen-bond acceptors (Lipinski definition) is 2. The number of rotatable bonds is 6. The van der Waals surface area contributed by atoms with Gasteiger partial charge in [-0.05, 0) is 25.1 Å². The van der Waals surface area contributed by atoms with E-state index in [1.54, 1.807) is 0 Å². The first-order chi connectivity index (χ1) is 6.01. The standard InChI is InChI=1S/C9H22N2OSi/c1-5-13(6-2,7-3)12-8(4)9(10)11/h8H,5-7H2,1-4H3,(H3,10,11). The fraction of sp³-hybridized carbons (Fsp3) is 0.889. The topological polar surface area (TPSA) is 59.1 Å². The van der Waals surface area contributed by atoms with E-state index >= 15 is 0 Å². The highest BCUT2D eigenvalue weighted by Gasteiger charge is 2.31. The van der Waals surface area contributed by atoms with Crippen molar-refractivity contribution in [2.24, 2.45) is 5.73 Å². The molecule has 0 aromatic heterocycles. The molecule has 0 spiro atoms. The zero-order valence-electron chi connectivity index (χ0n) is 9.18. The van der Waals surface area contributed by atoms with Gasteiger partial charge in [0.1, 0.15) is 5.84 Å². The Kier molecular flexibility index (Phi) is 5.25. The maximum absolute atomic E-state index is 7.28. The first-order valence-electron chi connectivity index (χ1n) is 5.03. The van der Waals surface area contributed by atoms with Gasteiger partial charge in [0.2, 0.25) is 0 Å². The lowest BCUT2D eigenvalue weighted by Gasteiger charge is -2.31. The van der Waals surface area contributed by atoms with E-state index in [9.17, 15) is 0 Å². The Balaban J connectivity index is 4.32. The highest BCUT2D eigenvalue weighted by atomic mass is 28.4. The van der Waals surface area contributed by atoms with Gasteiger partial charge >= 0.3 is 0 Å². The third-order valence-electron chi connectivity index (χ3n) is 2.80. The minimum Gasteiger partial charge on any atom is -0.407 e. The van der Waals surface area contributed by atoms with Crippen molar-refractivity contribution in [3.63, 3.8) is 0 Å². The molecule has 0 rings (SSSR count). The Morgan fingerprint density at radius 2 is 1.69 bits per heavy atom. The Bertz CT molecular complexity index is 161. The van der Waals surface area contributed by atoms with E-state index in [-0.39, 0.29) is 11.9 Å². The average molecular weight is 202 g/mol. The van der Waals surface area contributed by atoms with Gasteiger partial charge in [-0.25, -0.2) is 0 Å². The van der Waals surface area contributed by atoms with Gasteiger partial charge in [0, 0.05) is 0 Å². The van der Waals surface area contributed by atoms with Crippen LogP contribution in [0.2, 0.25) is 18.1 Å². The summed E-state index contributed by atoms with van der Waals surface area (Å²) in [7, 11) is -1.56. The van der Waals surface area contributed by atoms with Crippen LogP contribution in [0.5, 0.6) is 0 Å². The van der Waals surface area contributed by atoms with Crippen molar-refractivity contribution in [3.8, 4) is 0 Å². The van der Waals surface area contributed by atoms with Gasteiger partial charge in [0.15, 0.2) is 8.32 Å². The zero-order chi connectivity index (χ0) is 10.5. The molecule has 0 aromatic carbocycles. The Morgan fingerprint density at radius 1 is 1.31 bits per heavy atom. The zero-order valence-corrected chi connectivity index (χ0v) is 10.2. The molecule has 0 heterocycles. The molecule has 0 radical (unpaired) electrons. The van der Waals surface area contributed by atoms with Gasteiger partial charge in [-0.3, -0.25) is 5.41 Å². The molecule has 0 aliphatic heterocycles. The summed E-state index contributed by atoms with van der Waals surface area (Å²) in [5, 5.41) is 7.28. The summed E-state index contributed by atoms with van der Waals surface area (Å²) >= 11 is 0. The van der Waals surface area contributed by atoms with E-state index in [0.717, 1.165) is 18.1 Å². The lowest BCUT2D eigenvalue weighted by Crippen LogP contribution is -2.43. The first kappa shape index (κ1) is 12.6. The molecule has 78 valence electrons. The van der Waals surface area contributed by atoms with Gasteiger partial charge in [0.05, 0.1) is 6.10 Å². The fourth-order valence-electron chi connectivity index (χ4n) is 1.44. The van der Waals surface area contributed by atoms with Crippen LogP contribution in [0.1, 0.15) is 27.7 Å². The van der Waals surface area contributed by atoms with Crippen molar-refractivity contribution < 1.29 is 4.43 Å². The van der Waals surface area contributed by atoms with Crippen LogP contribution in [0, 0.1) is 5.41 Å². The highest BCUT2D eigenvalue weighted by molar-refractivity contribution is 6.73. The van der Waals surface area contributed by atoms with Gasteiger partial charge in [0.25, 0.3) is 0 Å². The largest absolute Gasteiger partial charge is 0.407 e. The normalized spacial score (nSPS) is 14.2. The molecule has 0 bridgehead atoms. The maximum atomic E-state index is 7.28. The van der Waals surface area contributed by atoms with Gasteiger partial charge in [-0.1, -0.05) is 20.8 Å². The molecule has 3 nitrogen and oxygen atoms in total. The molecule has 0 aromatic rings. The van der Waals surface area contributed by atoms with Gasteiger partial charge in [-0.2, -0.15) is 0 Å². The molecular formula is C9H22N2OSi. The van der Waals surface area contributed by atoms with E-state index in [1.165, 1.54) is 0 Å². The minimum atomic E-state index is -1.56. The van der Waals surface area contributed by atoms with E-state index in [2.05, 4.69) is 20.8 Å². The summed E-state index contributed by atoms with van der Waals surface area (Å²) in [6.45, 7) is 8.38. The summed E-state index contributed by atoms with van der Waals surface area (Å²) in [6, 6.07) is 3.33. The molecule has 0 aliphatic rings. The minimum absolute atomic E-state index is 0.146. The Labute approximate surface area is 82.3 Å². The van der Waals surface area contributed by atoms with Crippen LogP contribution in [0.15, 0.2) is 0 Å². The molecule has 13 heavy (non-hydrogen) atoms. The van der Waals surface area contributed by atoms with Crippen LogP contribution in [-0.4, -0.2) is 20.3 Å². The van der Waals surface area contributed by atoms with Crippen LogP contribution >= 0.6 is 0 Å². The van der Waals surface area contributed by atoms with E-state index in [0.29, 0.717) is 0 Å². The van der Waals surface area contributed by atoms with Crippen molar-refractivity contribution in [2.45, 2.75) is 51.9 Å². The third-order valence-corrected chi connectivity index (χ3v) is 7.52. The molecule has 1 atom stereocenters. The molecular weight excluding hydrogens is 180 g/mol. The summed E-state index contributed by atoms with van der Waals surface area (Å²) in [4.78, 5) is 0. The molecule has 0 amide bonds. The van der Waals surface area contributed by atoms with E-state index < -0.39 is 8.32 Å². The second-order valence-corrected chi connectivity index (χ2v) is 8.18. The maximum Gasteiger partial charge on any atom is 0.193 e. The monoisotopic (exact) mass is 202 g/mol. The fourth-order valence-corrected chi connectivity index (χ4v) is 4.32. The second-order valence-electron chi connectivity index (χ2n) is 3.46. The number of hydrogen-bond donors (Lipinski definition) is 2. The molecule has 0 saturated carbocycles. The number of nitrogens with two attached hydrogens (primary N) is 1. The van der Waals surface area contributed by atoms with Crippen molar-refractivity contribution >= 4 is 14.2 Å². The lowest BCUT2D eigenvalue weighted by atomic mass is 10.4. The molecule has 0 fully saturated rings. The predicted molar refractivity (Wildman–Crippen MR) is 59.7 cm³/mol. The summed E-state index contributed by atoms with van der Waals surface area (Å²) in [5.41, 5.74) is 5.39. The van der Waals surface area contributed by atoms with E-state index in [1.807, 2.05) is 6.92 Å². The summed E-state index contributed by atoms with van der Waals surface area (Å²) in [6.07, 6.45) is -0.202. The average Bonchev–Trinajstić information content (AvgIpc) is 2.14. The number of nitrogens with one attached hydrogen (secondary N) is 1. The number of amidine groups is 1. The Morgan fingerprint density at radius 3 is 1.92 bits per heavy atom. The van der Waals surface area contributed by atoms with Crippen LogP contribution in [-0.2, 0) is 4.43 Å². The second kappa shape index (κ2) is 5.39. The SMILES string of the molecule is CC[Si](CC)(CC)OC(C)C(=N)N. The predicted octanol–water partition coefficient (Wildman–Crippen LogP) is 2.33.